The van der Waals surface area contributed by atoms with Crippen LogP contribution in [0.25, 0.3) is 0 Å². The van der Waals surface area contributed by atoms with Gasteiger partial charge in [0.25, 0.3) is 5.91 Å². The van der Waals surface area contributed by atoms with Crippen molar-refractivity contribution in [3.05, 3.63) is 64.7 Å². The highest BCUT2D eigenvalue weighted by Gasteiger charge is 2.29. The normalized spacial score (nSPS) is 11.0. The number of hydrogen-bond acceptors (Lipinski definition) is 5. The first-order chi connectivity index (χ1) is 14.7. The van der Waals surface area contributed by atoms with Crippen molar-refractivity contribution in [1.82, 2.24) is 5.32 Å². The van der Waals surface area contributed by atoms with Gasteiger partial charge in [-0.05, 0) is 42.8 Å². The first kappa shape index (κ1) is 23.9. The minimum Gasteiger partial charge on any atom is -0.496 e. The number of halogens is 3. The van der Waals surface area contributed by atoms with Gasteiger partial charge in [-0.25, -0.2) is 0 Å². The molecule has 0 aliphatic heterocycles. The fourth-order valence-corrected chi connectivity index (χ4v) is 2.74. The van der Waals surface area contributed by atoms with Crippen molar-refractivity contribution in [2.45, 2.75) is 32.5 Å². The van der Waals surface area contributed by atoms with Gasteiger partial charge in [-0.3, -0.25) is 14.4 Å². The van der Waals surface area contributed by atoms with Crippen molar-refractivity contribution < 1.29 is 37.0 Å². The van der Waals surface area contributed by atoms with E-state index in [0.717, 1.165) is 12.1 Å². The Kier molecular flexibility index (Phi) is 8.18. The lowest BCUT2D eigenvalue weighted by molar-refractivity contribution is -0.143. The number of esters is 1. The fourth-order valence-electron chi connectivity index (χ4n) is 2.74. The van der Waals surface area contributed by atoms with Crippen LogP contribution in [0.2, 0.25) is 0 Å². The topological polar surface area (TPSA) is 81.7 Å². The Hall–Kier alpha value is -3.36. The van der Waals surface area contributed by atoms with Crippen LogP contribution in [-0.4, -0.2) is 31.4 Å². The summed E-state index contributed by atoms with van der Waals surface area (Å²) >= 11 is 0. The summed E-state index contributed by atoms with van der Waals surface area (Å²) in [6.07, 6.45) is -4.58. The number of benzene rings is 2. The molecule has 0 atom stereocenters. The van der Waals surface area contributed by atoms with Crippen LogP contribution in [0.15, 0.2) is 42.5 Å². The zero-order chi connectivity index (χ0) is 23.0. The predicted octanol–water partition coefficient (Wildman–Crippen LogP) is 4.17. The van der Waals surface area contributed by atoms with E-state index < -0.39 is 23.6 Å². The molecule has 0 aliphatic rings. The van der Waals surface area contributed by atoms with Crippen molar-refractivity contribution in [3.8, 4) is 5.75 Å². The summed E-state index contributed by atoms with van der Waals surface area (Å²) in [6, 6.07) is 8.72. The summed E-state index contributed by atoms with van der Waals surface area (Å²) in [4.78, 5) is 36.4. The number of rotatable bonds is 9. The van der Waals surface area contributed by atoms with Gasteiger partial charge in [0.05, 0.1) is 31.3 Å². The number of nitrogens with one attached hydrogen (secondary N) is 1. The van der Waals surface area contributed by atoms with E-state index in [-0.39, 0.29) is 48.7 Å². The van der Waals surface area contributed by atoms with Crippen LogP contribution in [0, 0.1) is 0 Å². The molecule has 0 unspecified atom stereocenters. The smallest absolute Gasteiger partial charge is 0.416 e. The van der Waals surface area contributed by atoms with E-state index >= 15 is 0 Å². The lowest BCUT2D eigenvalue weighted by Crippen LogP contribution is -2.24. The summed E-state index contributed by atoms with van der Waals surface area (Å²) in [7, 11) is 1.37. The lowest BCUT2D eigenvalue weighted by atomic mass is 10.0. The molecule has 0 fully saturated rings. The third kappa shape index (κ3) is 6.84. The minimum atomic E-state index is -4.44. The third-order valence-corrected chi connectivity index (χ3v) is 4.36. The van der Waals surface area contributed by atoms with E-state index in [4.69, 9.17) is 9.47 Å². The molecule has 0 bridgehead atoms. The fraction of sp³-hybridized carbons (Fsp3) is 0.318. The molecule has 2 aromatic rings. The number of carbonyl (C=O) groups excluding carboxylic acids is 3. The van der Waals surface area contributed by atoms with Gasteiger partial charge in [-0.1, -0.05) is 12.1 Å². The molecule has 1 amide bonds. The first-order valence-electron chi connectivity index (χ1n) is 9.47. The molecule has 0 heterocycles. The standard InChI is InChI=1S/C22H22F3NO5/c1-3-31-20(28)11-9-18(27)15-6-10-19(30-2)17(12-15)21(29)26-13-14-4-7-16(8-5-14)22(23,24)25/h4-8,10,12H,3,9,11,13H2,1-2H3,(H,26,29). The zero-order valence-electron chi connectivity index (χ0n) is 17.0. The molecule has 0 radical (unpaired) electrons. The Balaban J connectivity index is 2.08. The number of alkyl halides is 3. The van der Waals surface area contributed by atoms with Crippen molar-refractivity contribution in [2.75, 3.05) is 13.7 Å². The van der Waals surface area contributed by atoms with Crippen molar-refractivity contribution >= 4 is 17.7 Å². The number of ether oxygens (including phenoxy) is 2. The summed E-state index contributed by atoms with van der Waals surface area (Å²) in [5.74, 6) is -1.16. The molecule has 0 aliphatic carbocycles. The van der Waals surface area contributed by atoms with Gasteiger partial charge >= 0.3 is 12.1 Å². The highest BCUT2D eigenvalue weighted by atomic mass is 19.4. The Morgan fingerprint density at radius 2 is 1.68 bits per heavy atom. The summed E-state index contributed by atoms with van der Waals surface area (Å²) < 4.78 is 47.9. The van der Waals surface area contributed by atoms with Crippen molar-refractivity contribution in [2.24, 2.45) is 0 Å². The molecule has 0 spiro atoms. The molecular formula is C22H22F3NO5. The Morgan fingerprint density at radius 1 is 1.00 bits per heavy atom. The lowest BCUT2D eigenvalue weighted by Gasteiger charge is -2.12. The Bertz CT molecular complexity index is 939. The highest BCUT2D eigenvalue weighted by molar-refractivity contribution is 6.02. The summed E-state index contributed by atoms with van der Waals surface area (Å²) in [5.41, 5.74) is 0.0152. The van der Waals surface area contributed by atoms with Gasteiger partial charge < -0.3 is 14.8 Å². The molecule has 6 nitrogen and oxygen atoms in total. The number of ketones is 1. The minimum absolute atomic E-state index is 0.0127. The number of hydrogen-bond donors (Lipinski definition) is 1. The van der Waals surface area contributed by atoms with Gasteiger partial charge in [-0.15, -0.1) is 0 Å². The molecule has 0 saturated carbocycles. The second-order valence-corrected chi connectivity index (χ2v) is 6.52. The van der Waals surface area contributed by atoms with E-state index in [2.05, 4.69) is 5.32 Å². The quantitative estimate of drug-likeness (QED) is 0.470. The monoisotopic (exact) mass is 437 g/mol. The maximum Gasteiger partial charge on any atom is 0.416 e. The molecule has 166 valence electrons. The van der Waals surface area contributed by atoms with Gasteiger partial charge in [0, 0.05) is 18.5 Å². The highest BCUT2D eigenvalue weighted by Crippen LogP contribution is 2.29. The maximum absolute atomic E-state index is 12.6. The largest absolute Gasteiger partial charge is 0.496 e. The van der Waals surface area contributed by atoms with Crippen LogP contribution < -0.4 is 10.1 Å². The van der Waals surface area contributed by atoms with E-state index in [0.29, 0.717) is 5.56 Å². The SMILES string of the molecule is CCOC(=O)CCC(=O)c1ccc(OC)c(C(=O)NCc2ccc(C(F)(F)F)cc2)c1. The van der Waals surface area contributed by atoms with Gasteiger partial charge in [0.2, 0.25) is 0 Å². The molecular weight excluding hydrogens is 415 g/mol. The average Bonchev–Trinajstić information content (AvgIpc) is 2.75. The van der Waals surface area contributed by atoms with Gasteiger partial charge in [0.1, 0.15) is 5.75 Å². The van der Waals surface area contributed by atoms with E-state index in [1.165, 1.54) is 37.4 Å². The second kappa shape index (κ2) is 10.6. The Labute approximate surface area is 177 Å². The first-order valence-corrected chi connectivity index (χ1v) is 9.47. The number of methoxy groups -OCH3 is 1. The van der Waals surface area contributed by atoms with Gasteiger partial charge in [0.15, 0.2) is 5.78 Å². The third-order valence-electron chi connectivity index (χ3n) is 4.36. The maximum atomic E-state index is 12.6. The average molecular weight is 437 g/mol. The predicted molar refractivity (Wildman–Crippen MR) is 106 cm³/mol. The van der Waals surface area contributed by atoms with Crippen molar-refractivity contribution in [1.29, 1.82) is 0 Å². The van der Waals surface area contributed by atoms with Crippen LogP contribution in [0.5, 0.6) is 5.75 Å². The summed E-state index contributed by atoms with van der Waals surface area (Å²) in [5, 5.41) is 2.60. The van der Waals surface area contributed by atoms with Crippen LogP contribution in [0.4, 0.5) is 13.2 Å². The molecule has 2 aromatic carbocycles. The molecule has 9 heteroatoms. The molecule has 1 N–H and O–H groups in total. The van der Waals surface area contributed by atoms with Crippen LogP contribution in [0.3, 0.4) is 0 Å². The van der Waals surface area contributed by atoms with Crippen LogP contribution in [-0.2, 0) is 22.3 Å². The number of amides is 1. The van der Waals surface area contributed by atoms with E-state index in [1.54, 1.807) is 6.92 Å². The number of carbonyl (C=O) groups is 3. The van der Waals surface area contributed by atoms with Crippen molar-refractivity contribution in [3.63, 3.8) is 0 Å². The van der Waals surface area contributed by atoms with Gasteiger partial charge in [-0.2, -0.15) is 13.2 Å². The molecule has 2 rings (SSSR count). The Morgan fingerprint density at radius 3 is 2.26 bits per heavy atom. The summed E-state index contributed by atoms with van der Waals surface area (Å²) in [6.45, 7) is 1.87. The second-order valence-electron chi connectivity index (χ2n) is 6.52. The van der Waals surface area contributed by atoms with E-state index in [1.807, 2.05) is 0 Å². The van der Waals surface area contributed by atoms with Crippen LogP contribution in [0.1, 0.15) is 51.6 Å². The molecule has 0 aromatic heterocycles. The molecule has 31 heavy (non-hydrogen) atoms. The van der Waals surface area contributed by atoms with Crippen LogP contribution >= 0.6 is 0 Å². The molecule has 0 saturated heterocycles. The van der Waals surface area contributed by atoms with E-state index in [9.17, 15) is 27.6 Å². The number of Topliss-reactive ketones (excluding diaryl/α,β-unsaturated/α-hetero) is 1. The zero-order valence-corrected chi connectivity index (χ0v) is 17.0.